The Labute approximate surface area is 153 Å². The fourth-order valence-corrected chi connectivity index (χ4v) is 4.40. The normalized spacial score (nSPS) is 21.1. The second-order valence-corrected chi connectivity index (χ2v) is 9.05. The van der Waals surface area contributed by atoms with Crippen LogP contribution in [-0.2, 0) is 0 Å². The van der Waals surface area contributed by atoms with E-state index in [9.17, 15) is 0 Å². The van der Waals surface area contributed by atoms with Gasteiger partial charge in [0.25, 0.3) is 0 Å². The van der Waals surface area contributed by atoms with Crippen molar-refractivity contribution in [2.24, 2.45) is 5.92 Å². The summed E-state index contributed by atoms with van der Waals surface area (Å²) in [7, 11) is 0. The first-order valence-electron chi connectivity index (χ1n) is 8.74. The predicted octanol–water partition coefficient (Wildman–Crippen LogP) is 4.82. The molecule has 0 amide bonds. The highest BCUT2D eigenvalue weighted by molar-refractivity contribution is 7.98. The summed E-state index contributed by atoms with van der Waals surface area (Å²) in [5.74, 6) is 0.746. The van der Waals surface area contributed by atoms with Gasteiger partial charge in [-0.1, -0.05) is 67.5 Å². The highest BCUT2D eigenvalue weighted by Gasteiger charge is 2.21. The third-order valence-electron chi connectivity index (χ3n) is 4.30. The first-order chi connectivity index (χ1) is 11.7. The molecule has 4 nitrogen and oxygen atoms in total. The van der Waals surface area contributed by atoms with Crippen molar-refractivity contribution >= 4 is 28.4 Å². The minimum Gasteiger partial charge on any atom is -0.360 e. The molecule has 0 spiro atoms. The SMILES string of the molecule is CC(C)SN[C@H]1CC[C@H](CNc2nnc(-c3ccccc3)s2)CC1. The lowest BCUT2D eigenvalue weighted by Crippen LogP contribution is -2.31. The predicted molar refractivity (Wildman–Crippen MR) is 105 cm³/mol. The van der Waals surface area contributed by atoms with E-state index in [1.807, 2.05) is 30.1 Å². The summed E-state index contributed by atoms with van der Waals surface area (Å²) in [6.07, 6.45) is 5.12. The standard InChI is InChI=1S/C18H26N4S2/c1-13(2)24-22-16-10-8-14(9-11-16)12-19-18-21-20-17(23-18)15-6-4-3-5-7-15/h3-7,13-14,16,22H,8-12H2,1-2H3,(H,19,21)/t14-,16-. The molecule has 0 saturated heterocycles. The van der Waals surface area contributed by atoms with Gasteiger partial charge in [-0.3, -0.25) is 4.72 Å². The van der Waals surface area contributed by atoms with Crippen LogP contribution in [0.15, 0.2) is 30.3 Å². The Bertz CT molecular complexity index is 606. The Kier molecular flexibility index (Phi) is 6.51. The zero-order chi connectivity index (χ0) is 16.8. The molecule has 1 heterocycles. The van der Waals surface area contributed by atoms with Gasteiger partial charge in [-0.25, -0.2) is 0 Å². The smallest absolute Gasteiger partial charge is 0.206 e. The Morgan fingerprint density at radius 3 is 2.58 bits per heavy atom. The fourth-order valence-electron chi connectivity index (χ4n) is 2.94. The van der Waals surface area contributed by atoms with Crippen molar-refractivity contribution in [1.82, 2.24) is 14.9 Å². The van der Waals surface area contributed by atoms with Crippen molar-refractivity contribution in [1.29, 1.82) is 0 Å². The molecule has 0 unspecified atom stereocenters. The molecular weight excluding hydrogens is 336 g/mol. The van der Waals surface area contributed by atoms with E-state index >= 15 is 0 Å². The summed E-state index contributed by atoms with van der Waals surface area (Å²) in [5, 5.41) is 14.6. The van der Waals surface area contributed by atoms with Gasteiger partial charge in [-0.15, -0.1) is 10.2 Å². The summed E-state index contributed by atoms with van der Waals surface area (Å²) in [6, 6.07) is 10.9. The van der Waals surface area contributed by atoms with E-state index in [1.165, 1.54) is 25.7 Å². The lowest BCUT2D eigenvalue weighted by atomic mass is 9.86. The molecule has 0 radical (unpaired) electrons. The number of rotatable bonds is 7. The fraction of sp³-hybridized carbons (Fsp3) is 0.556. The van der Waals surface area contributed by atoms with Crippen molar-refractivity contribution < 1.29 is 0 Å². The van der Waals surface area contributed by atoms with Crippen LogP contribution in [0.2, 0.25) is 0 Å². The first kappa shape index (κ1) is 17.7. The lowest BCUT2D eigenvalue weighted by molar-refractivity contribution is 0.328. The van der Waals surface area contributed by atoms with E-state index in [-0.39, 0.29) is 0 Å². The van der Waals surface area contributed by atoms with E-state index in [2.05, 4.69) is 46.2 Å². The molecule has 2 aromatic rings. The van der Waals surface area contributed by atoms with Gasteiger partial charge < -0.3 is 5.32 Å². The van der Waals surface area contributed by atoms with Crippen LogP contribution < -0.4 is 10.0 Å². The maximum atomic E-state index is 4.30. The molecule has 3 rings (SSSR count). The Morgan fingerprint density at radius 2 is 1.88 bits per heavy atom. The van der Waals surface area contributed by atoms with Gasteiger partial charge in [-0.05, 0) is 31.6 Å². The minimum absolute atomic E-state index is 0.653. The molecule has 0 aliphatic heterocycles. The highest BCUT2D eigenvalue weighted by atomic mass is 32.2. The topological polar surface area (TPSA) is 49.8 Å². The van der Waals surface area contributed by atoms with Gasteiger partial charge >= 0.3 is 0 Å². The van der Waals surface area contributed by atoms with Crippen molar-refractivity contribution in [3.63, 3.8) is 0 Å². The number of anilines is 1. The highest BCUT2D eigenvalue weighted by Crippen LogP contribution is 2.29. The van der Waals surface area contributed by atoms with E-state index in [1.54, 1.807) is 11.3 Å². The molecule has 1 aromatic heterocycles. The summed E-state index contributed by atoms with van der Waals surface area (Å²) in [4.78, 5) is 0. The van der Waals surface area contributed by atoms with Crippen molar-refractivity contribution in [3.8, 4) is 10.6 Å². The zero-order valence-corrected chi connectivity index (χ0v) is 16.0. The van der Waals surface area contributed by atoms with Crippen molar-refractivity contribution in [2.75, 3.05) is 11.9 Å². The quantitative estimate of drug-likeness (QED) is 0.692. The molecule has 1 aromatic carbocycles. The van der Waals surface area contributed by atoms with Gasteiger partial charge in [-0.2, -0.15) is 0 Å². The number of benzene rings is 1. The van der Waals surface area contributed by atoms with E-state index in [0.717, 1.165) is 28.2 Å². The van der Waals surface area contributed by atoms with Gasteiger partial charge in [0.05, 0.1) is 0 Å². The molecule has 1 aliphatic rings. The number of nitrogens with one attached hydrogen (secondary N) is 2. The van der Waals surface area contributed by atoms with Crippen LogP contribution in [0.3, 0.4) is 0 Å². The van der Waals surface area contributed by atoms with Crippen LogP contribution in [0.25, 0.3) is 10.6 Å². The average Bonchev–Trinajstić information content (AvgIpc) is 3.09. The van der Waals surface area contributed by atoms with Crippen molar-refractivity contribution in [2.45, 2.75) is 50.8 Å². The van der Waals surface area contributed by atoms with Crippen LogP contribution in [0.5, 0.6) is 0 Å². The van der Waals surface area contributed by atoms with Gasteiger partial charge in [0.1, 0.15) is 5.01 Å². The van der Waals surface area contributed by atoms with Crippen LogP contribution in [0, 0.1) is 5.92 Å². The van der Waals surface area contributed by atoms with Crippen LogP contribution >= 0.6 is 23.3 Å². The molecule has 24 heavy (non-hydrogen) atoms. The van der Waals surface area contributed by atoms with Crippen LogP contribution in [-0.4, -0.2) is 28.0 Å². The number of aromatic nitrogens is 2. The Morgan fingerprint density at radius 1 is 1.12 bits per heavy atom. The third-order valence-corrected chi connectivity index (χ3v) is 6.18. The third kappa shape index (κ3) is 5.19. The molecular formula is C18H26N4S2. The lowest BCUT2D eigenvalue weighted by Gasteiger charge is -2.29. The second-order valence-electron chi connectivity index (χ2n) is 6.66. The molecule has 1 fully saturated rings. The molecule has 1 saturated carbocycles. The first-order valence-corrected chi connectivity index (χ1v) is 10.4. The largest absolute Gasteiger partial charge is 0.360 e. The van der Waals surface area contributed by atoms with Gasteiger partial charge in [0, 0.05) is 23.4 Å². The van der Waals surface area contributed by atoms with Crippen LogP contribution in [0.1, 0.15) is 39.5 Å². The van der Waals surface area contributed by atoms with Gasteiger partial charge in [0.15, 0.2) is 0 Å². The molecule has 2 N–H and O–H groups in total. The van der Waals surface area contributed by atoms with Gasteiger partial charge in [0.2, 0.25) is 5.13 Å². The van der Waals surface area contributed by atoms with Crippen molar-refractivity contribution in [3.05, 3.63) is 30.3 Å². The number of hydrogen-bond acceptors (Lipinski definition) is 6. The van der Waals surface area contributed by atoms with E-state index in [4.69, 9.17) is 0 Å². The zero-order valence-electron chi connectivity index (χ0n) is 14.4. The summed E-state index contributed by atoms with van der Waals surface area (Å²) < 4.78 is 3.61. The molecule has 1 aliphatic carbocycles. The maximum Gasteiger partial charge on any atom is 0.206 e. The molecule has 0 atom stereocenters. The van der Waals surface area contributed by atoms with E-state index in [0.29, 0.717) is 11.3 Å². The molecule has 130 valence electrons. The molecule has 0 bridgehead atoms. The Hall–Kier alpha value is -1.11. The summed E-state index contributed by atoms with van der Waals surface area (Å²) >= 11 is 3.51. The molecule has 6 heteroatoms. The average molecular weight is 363 g/mol. The minimum atomic E-state index is 0.653. The summed E-state index contributed by atoms with van der Waals surface area (Å²) in [6.45, 7) is 5.48. The monoisotopic (exact) mass is 362 g/mol. The Balaban J connectivity index is 1.42. The second kappa shape index (κ2) is 8.83. The number of hydrogen-bond donors (Lipinski definition) is 2. The maximum absolute atomic E-state index is 4.30. The van der Waals surface area contributed by atoms with E-state index < -0.39 is 0 Å². The number of nitrogens with zero attached hydrogens (tertiary/aromatic N) is 2. The summed E-state index contributed by atoms with van der Waals surface area (Å²) in [5.41, 5.74) is 1.14. The van der Waals surface area contributed by atoms with Crippen LogP contribution in [0.4, 0.5) is 5.13 Å².